The Morgan fingerprint density at radius 3 is 2.17 bits per heavy atom. The second-order valence-electron chi connectivity index (χ2n) is 7.02. The molecule has 5 nitrogen and oxygen atoms in total. The molecule has 30 heavy (non-hydrogen) atoms. The van der Waals surface area contributed by atoms with Gasteiger partial charge in [0.05, 0.1) is 4.90 Å². The van der Waals surface area contributed by atoms with Crippen molar-refractivity contribution < 1.29 is 13.2 Å². The van der Waals surface area contributed by atoms with Gasteiger partial charge in [0, 0.05) is 11.0 Å². The molecule has 0 saturated carbocycles. The van der Waals surface area contributed by atoms with Crippen molar-refractivity contribution in [3.05, 3.63) is 100 Å². The summed E-state index contributed by atoms with van der Waals surface area (Å²) >= 11 is 3.30. The van der Waals surface area contributed by atoms with Gasteiger partial charge in [0.25, 0.3) is 0 Å². The highest BCUT2D eigenvalue weighted by molar-refractivity contribution is 9.10. The number of hydrogen-bond donors (Lipinski definition) is 2. The van der Waals surface area contributed by atoms with Crippen LogP contribution in [-0.4, -0.2) is 20.4 Å². The molecule has 0 aliphatic carbocycles. The Bertz CT molecular complexity index is 1080. The first kappa shape index (κ1) is 22.2. The Morgan fingerprint density at radius 1 is 0.900 bits per heavy atom. The summed E-state index contributed by atoms with van der Waals surface area (Å²) < 4.78 is 29.1. The van der Waals surface area contributed by atoms with E-state index in [0.29, 0.717) is 6.54 Å². The third-order valence-corrected chi connectivity index (χ3v) is 6.62. The first-order valence-electron chi connectivity index (χ1n) is 9.48. The van der Waals surface area contributed by atoms with Crippen molar-refractivity contribution >= 4 is 31.9 Å². The number of sulfonamides is 1. The topological polar surface area (TPSA) is 75.3 Å². The van der Waals surface area contributed by atoms with E-state index in [-0.39, 0.29) is 17.2 Å². The number of benzene rings is 3. The molecule has 3 aromatic carbocycles. The van der Waals surface area contributed by atoms with Gasteiger partial charge >= 0.3 is 0 Å². The van der Waals surface area contributed by atoms with E-state index < -0.39 is 16.1 Å². The van der Waals surface area contributed by atoms with Gasteiger partial charge in [0.1, 0.15) is 6.04 Å². The van der Waals surface area contributed by atoms with Crippen molar-refractivity contribution in [2.75, 3.05) is 0 Å². The lowest BCUT2D eigenvalue weighted by Gasteiger charge is -2.19. The van der Waals surface area contributed by atoms with Crippen LogP contribution >= 0.6 is 15.9 Å². The van der Waals surface area contributed by atoms with Gasteiger partial charge in [0.2, 0.25) is 15.9 Å². The van der Waals surface area contributed by atoms with Gasteiger partial charge in [-0.1, -0.05) is 76.1 Å². The Hall–Kier alpha value is -2.48. The number of hydrogen-bond acceptors (Lipinski definition) is 3. The third kappa shape index (κ3) is 6.26. The predicted molar refractivity (Wildman–Crippen MR) is 121 cm³/mol. The molecule has 7 heteroatoms. The second-order valence-corrected chi connectivity index (χ2v) is 9.65. The minimum Gasteiger partial charge on any atom is -0.351 e. The highest BCUT2D eigenvalue weighted by atomic mass is 79.9. The normalized spacial score (nSPS) is 12.3. The van der Waals surface area contributed by atoms with Crippen LogP contribution in [0.5, 0.6) is 0 Å². The van der Waals surface area contributed by atoms with Crippen LogP contribution in [0.1, 0.15) is 16.7 Å². The molecule has 0 aliphatic heterocycles. The molecule has 0 spiro atoms. The molecule has 0 aliphatic rings. The summed E-state index contributed by atoms with van der Waals surface area (Å²) in [4.78, 5) is 13.0. The van der Waals surface area contributed by atoms with Gasteiger partial charge in [-0.2, -0.15) is 4.72 Å². The zero-order chi connectivity index (χ0) is 21.6. The van der Waals surface area contributed by atoms with Crippen LogP contribution in [0, 0.1) is 6.92 Å². The molecule has 0 fully saturated rings. The number of aryl methyl sites for hydroxylation is 1. The summed E-state index contributed by atoms with van der Waals surface area (Å²) in [5.74, 6) is -0.375. The fraction of sp³-hybridized carbons (Fsp3) is 0.174. The van der Waals surface area contributed by atoms with E-state index in [0.717, 1.165) is 21.2 Å². The minimum absolute atomic E-state index is 0.107. The van der Waals surface area contributed by atoms with Gasteiger partial charge < -0.3 is 5.32 Å². The summed E-state index contributed by atoms with van der Waals surface area (Å²) in [6, 6.07) is 22.5. The number of amides is 1. The Kier molecular flexibility index (Phi) is 7.42. The molecule has 1 amide bonds. The number of nitrogens with one attached hydrogen (secondary N) is 2. The molecule has 1 atom stereocenters. The van der Waals surface area contributed by atoms with Crippen LogP contribution in [0.2, 0.25) is 0 Å². The van der Waals surface area contributed by atoms with Crippen molar-refractivity contribution in [3.8, 4) is 0 Å². The maximum Gasteiger partial charge on any atom is 0.241 e. The third-order valence-electron chi connectivity index (χ3n) is 4.61. The highest BCUT2D eigenvalue weighted by Crippen LogP contribution is 2.16. The number of rotatable bonds is 8. The van der Waals surface area contributed by atoms with Crippen LogP contribution in [0.15, 0.2) is 88.2 Å². The van der Waals surface area contributed by atoms with Crippen LogP contribution in [0.4, 0.5) is 0 Å². The molecule has 0 aromatic heterocycles. The lowest BCUT2D eigenvalue weighted by Crippen LogP contribution is -2.47. The molecule has 2 N–H and O–H groups in total. The summed E-state index contributed by atoms with van der Waals surface area (Å²) in [5, 5.41) is 2.85. The SMILES string of the molecule is Cc1ccc(CNC(=O)[C@H](Cc2ccccc2)NS(=O)(=O)c2ccc(Br)cc2)cc1. The average molecular weight is 487 g/mol. The standard InChI is InChI=1S/C23H23BrN2O3S/c1-17-7-9-19(10-8-17)16-25-23(27)22(15-18-5-3-2-4-6-18)26-30(28,29)21-13-11-20(24)12-14-21/h2-14,22,26H,15-16H2,1H3,(H,25,27)/t22-/m0/s1. The molecule has 0 radical (unpaired) electrons. The van der Waals surface area contributed by atoms with Gasteiger partial charge in [-0.05, 0) is 48.7 Å². The average Bonchev–Trinajstić information content (AvgIpc) is 2.73. The molecular weight excluding hydrogens is 464 g/mol. The van der Waals surface area contributed by atoms with Gasteiger partial charge in [0.15, 0.2) is 0 Å². The summed E-state index contributed by atoms with van der Waals surface area (Å²) in [5.41, 5.74) is 2.95. The van der Waals surface area contributed by atoms with E-state index in [2.05, 4.69) is 26.0 Å². The van der Waals surface area contributed by atoms with E-state index >= 15 is 0 Å². The Labute approximate surface area is 185 Å². The van der Waals surface area contributed by atoms with Crippen molar-refractivity contribution in [2.24, 2.45) is 0 Å². The van der Waals surface area contributed by atoms with E-state index in [1.165, 1.54) is 12.1 Å². The molecule has 0 bridgehead atoms. The molecule has 0 heterocycles. The molecule has 3 aromatic rings. The number of carbonyl (C=O) groups excluding carboxylic acids is 1. The second kappa shape index (κ2) is 10.0. The molecule has 0 saturated heterocycles. The summed E-state index contributed by atoms with van der Waals surface area (Å²) in [6.07, 6.45) is 0.246. The first-order valence-corrected chi connectivity index (χ1v) is 11.8. The van der Waals surface area contributed by atoms with Crippen molar-refractivity contribution in [1.82, 2.24) is 10.0 Å². The Morgan fingerprint density at radius 2 is 1.53 bits per heavy atom. The van der Waals surface area contributed by atoms with Crippen LogP contribution in [0.25, 0.3) is 0 Å². The number of carbonyl (C=O) groups is 1. The summed E-state index contributed by atoms with van der Waals surface area (Å²) in [7, 11) is -3.86. The monoisotopic (exact) mass is 486 g/mol. The van der Waals surface area contributed by atoms with Gasteiger partial charge in [-0.15, -0.1) is 0 Å². The number of halogens is 1. The fourth-order valence-electron chi connectivity index (χ4n) is 2.93. The van der Waals surface area contributed by atoms with Crippen molar-refractivity contribution in [3.63, 3.8) is 0 Å². The maximum absolute atomic E-state index is 12.9. The van der Waals surface area contributed by atoms with Crippen LogP contribution in [-0.2, 0) is 27.8 Å². The zero-order valence-corrected chi connectivity index (χ0v) is 18.9. The predicted octanol–water partition coefficient (Wildman–Crippen LogP) is 3.96. The van der Waals surface area contributed by atoms with Crippen molar-refractivity contribution in [2.45, 2.75) is 30.8 Å². The van der Waals surface area contributed by atoms with Gasteiger partial charge in [-0.25, -0.2) is 8.42 Å². The van der Waals surface area contributed by atoms with Crippen molar-refractivity contribution in [1.29, 1.82) is 0 Å². The van der Waals surface area contributed by atoms with Crippen LogP contribution < -0.4 is 10.0 Å². The fourth-order valence-corrected chi connectivity index (χ4v) is 4.38. The van der Waals surface area contributed by atoms with Gasteiger partial charge in [-0.3, -0.25) is 4.79 Å². The highest BCUT2D eigenvalue weighted by Gasteiger charge is 2.26. The largest absolute Gasteiger partial charge is 0.351 e. The molecular formula is C23H23BrN2O3S. The Balaban J connectivity index is 1.77. The van der Waals surface area contributed by atoms with E-state index in [4.69, 9.17) is 0 Å². The molecule has 0 unspecified atom stereocenters. The minimum atomic E-state index is -3.86. The maximum atomic E-state index is 12.9. The smallest absolute Gasteiger partial charge is 0.241 e. The first-order chi connectivity index (χ1) is 14.3. The quantitative estimate of drug-likeness (QED) is 0.505. The zero-order valence-electron chi connectivity index (χ0n) is 16.5. The van der Waals surface area contributed by atoms with E-state index in [1.54, 1.807) is 12.1 Å². The van der Waals surface area contributed by atoms with E-state index in [9.17, 15) is 13.2 Å². The molecule has 3 rings (SSSR count). The lowest BCUT2D eigenvalue weighted by atomic mass is 10.1. The van der Waals surface area contributed by atoms with Crippen LogP contribution in [0.3, 0.4) is 0 Å². The molecule has 156 valence electrons. The summed E-state index contributed by atoms with van der Waals surface area (Å²) in [6.45, 7) is 2.32. The lowest BCUT2D eigenvalue weighted by molar-refractivity contribution is -0.122. The van der Waals surface area contributed by atoms with E-state index in [1.807, 2.05) is 61.5 Å².